The maximum absolute atomic E-state index is 11.9. The van der Waals surface area contributed by atoms with E-state index in [-0.39, 0.29) is 17.9 Å². The first-order valence-electron chi connectivity index (χ1n) is 5.56. The van der Waals surface area contributed by atoms with Crippen LogP contribution in [0.2, 0.25) is 0 Å². The first-order valence-corrected chi connectivity index (χ1v) is 5.56. The van der Waals surface area contributed by atoms with Crippen LogP contribution in [0.15, 0.2) is 11.1 Å². The van der Waals surface area contributed by atoms with Crippen LogP contribution < -0.4 is 0 Å². The number of carbonyl (C=O) groups excluding carboxylic acids is 2. The maximum Gasteiger partial charge on any atom is 0.271 e. The van der Waals surface area contributed by atoms with Crippen molar-refractivity contribution in [2.45, 2.75) is 19.8 Å². The zero-order valence-corrected chi connectivity index (χ0v) is 10.5. The van der Waals surface area contributed by atoms with E-state index in [1.54, 1.807) is 6.92 Å². The van der Waals surface area contributed by atoms with Crippen molar-refractivity contribution in [3.05, 3.63) is 11.1 Å². The van der Waals surface area contributed by atoms with E-state index in [1.807, 2.05) is 25.1 Å². The Morgan fingerprint density at radius 2 is 2.06 bits per heavy atom. The molecule has 1 rings (SSSR count). The molecule has 0 bridgehead atoms. The Hall–Kier alpha value is -1.67. The summed E-state index contributed by atoms with van der Waals surface area (Å²) >= 11 is 0. The average Bonchev–Trinajstić information content (AvgIpc) is 2.22. The van der Waals surface area contributed by atoms with Crippen LogP contribution in [0.25, 0.3) is 0 Å². The summed E-state index contributed by atoms with van der Waals surface area (Å²) in [5, 5.41) is 8.87. The lowest BCUT2D eigenvalue weighted by Crippen LogP contribution is -2.42. The molecule has 0 spiro atoms. The lowest BCUT2D eigenvalue weighted by molar-refractivity contribution is -0.143. The molecule has 17 heavy (non-hydrogen) atoms. The van der Waals surface area contributed by atoms with Crippen molar-refractivity contribution in [3.8, 4) is 6.07 Å². The van der Waals surface area contributed by atoms with Crippen molar-refractivity contribution < 1.29 is 9.59 Å². The van der Waals surface area contributed by atoms with Gasteiger partial charge in [0.1, 0.15) is 11.6 Å². The highest BCUT2D eigenvalue weighted by Gasteiger charge is 2.30. The molecule has 92 valence electrons. The number of nitriles is 1. The van der Waals surface area contributed by atoms with E-state index in [0.29, 0.717) is 12.1 Å². The normalized spacial score (nSPS) is 16.8. The van der Waals surface area contributed by atoms with Gasteiger partial charge in [-0.15, -0.1) is 0 Å². The van der Waals surface area contributed by atoms with E-state index >= 15 is 0 Å². The molecule has 0 aromatic rings. The second kappa shape index (κ2) is 5.60. The number of hydrogen-bond donors (Lipinski definition) is 0. The molecule has 0 saturated heterocycles. The van der Waals surface area contributed by atoms with Gasteiger partial charge in [-0.05, 0) is 39.6 Å². The summed E-state index contributed by atoms with van der Waals surface area (Å²) in [7, 11) is 3.87. The summed E-state index contributed by atoms with van der Waals surface area (Å²) in [6.45, 7) is 2.85. The highest BCUT2D eigenvalue weighted by molar-refractivity contribution is 6.10. The van der Waals surface area contributed by atoms with Gasteiger partial charge in [0.15, 0.2) is 0 Å². The third kappa shape index (κ3) is 3.14. The second-order valence-electron chi connectivity index (χ2n) is 4.45. The summed E-state index contributed by atoms with van der Waals surface area (Å²) in [6.07, 6.45) is 0.902. The van der Waals surface area contributed by atoms with Gasteiger partial charge in [-0.2, -0.15) is 5.26 Å². The monoisotopic (exact) mass is 235 g/mol. The maximum atomic E-state index is 11.9. The van der Waals surface area contributed by atoms with Crippen LogP contribution in [0, 0.1) is 11.3 Å². The third-order valence-electron chi connectivity index (χ3n) is 2.70. The van der Waals surface area contributed by atoms with Crippen LogP contribution in [-0.4, -0.2) is 48.8 Å². The summed E-state index contributed by atoms with van der Waals surface area (Å²) in [5.41, 5.74) is 0.695. The van der Waals surface area contributed by atoms with Crippen molar-refractivity contribution in [1.82, 2.24) is 9.80 Å². The molecular formula is C12H17N3O2. The fourth-order valence-electron chi connectivity index (χ4n) is 1.76. The SMILES string of the molecule is CC1=C(C#N)C(=O)N(CCCN(C)C)C(=O)C1. The van der Waals surface area contributed by atoms with Crippen molar-refractivity contribution in [1.29, 1.82) is 5.26 Å². The summed E-state index contributed by atoms with van der Waals surface area (Å²) < 4.78 is 0. The minimum absolute atomic E-state index is 0.120. The predicted octanol–water partition coefficient (Wildman–Crippen LogP) is 0.537. The van der Waals surface area contributed by atoms with Crippen molar-refractivity contribution in [2.75, 3.05) is 27.2 Å². The summed E-state index contributed by atoms with van der Waals surface area (Å²) in [5.74, 6) is -0.648. The number of hydrogen-bond acceptors (Lipinski definition) is 4. The molecule has 5 nitrogen and oxygen atoms in total. The van der Waals surface area contributed by atoms with E-state index in [9.17, 15) is 9.59 Å². The van der Waals surface area contributed by atoms with E-state index in [0.717, 1.165) is 13.0 Å². The quantitative estimate of drug-likeness (QED) is 0.667. The largest absolute Gasteiger partial charge is 0.309 e. The molecule has 0 N–H and O–H groups in total. The van der Waals surface area contributed by atoms with Crippen LogP contribution in [-0.2, 0) is 9.59 Å². The molecule has 0 radical (unpaired) electrons. The van der Waals surface area contributed by atoms with Gasteiger partial charge in [-0.25, -0.2) is 0 Å². The highest BCUT2D eigenvalue weighted by Crippen LogP contribution is 2.19. The zero-order valence-electron chi connectivity index (χ0n) is 10.5. The summed E-state index contributed by atoms with van der Waals surface area (Å²) in [6, 6.07) is 1.88. The highest BCUT2D eigenvalue weighted by atomic mass is 16.2. The van der Waals surface area contributed by atoms with Crippen LogP contribution >= 0.6 is 0 Å². The molecule has 0 fully saturated rings. The Balaban J connectivity index is 2.72. The van der Waals surface area contributed by atoms with Gasteiger partial charge < -0.3 is 4.90 Å². The molecule has 2 amide bonds. The molecule has 1 aliphatic rings. The van der Waals surface area contributed by atoms with Crippen molar-refractivity contribution in [3.63, 3.8) is 0 Å². The zero-order chi connectivity index (χ0) is 13.0. The van der Waals surface area contributed by atoms with E-state index in [4.69, 9.17) is 5.26 Å². The van der Waals surface area contributed by atoms with Crippen LogP contribution in [0.3, 0.4) is 0 Å². The van der Waals surface area contributed by atoms with Crippen LogP contribution in [0.1, 0.15) is 19.8 Å². The molecule has 0 unspecified atom stereocenters. The van der Waals surface area contributed by atoms with Gasteiger partial charge in [0.25, 0.3) is 5.91 Å². The topological polar surface area (TPSA) is 64.4 Å². The Morgan fingerprint density at radius 3 is 2.59 bits per heavy atom. The predicted molar refractivity (Wildman–Crippen MR) is 62.8 cm³/mol. The Morgan fingerprint density at radius 1 is 1.41 bits per heavy atom. The van der Waals surface area contributed by atoms with Gasteiger partial charge in [-0.3, -0.25) is 14.5 Å². The second-order valence-corrected chi connectivity index (χ2v) is 4.45. The molecule has 1 heterocycles. The molecule has 0 aromatic heterocycles. The molecular weight excluding hydrogens is 218 g/mol. The summed E-state index contributed by atoms with van der Waals surface area (Å²) in [4.78, 5) is 26.7. The number of nitrogens with zero attached hydrogens (tertiary/aromatic N) is 3. The number of rotatable bonds is 4. The number of amides is 2. The van der Waals surface area contributed by atoms with Crippen LogP contribution in [0.4, 0.5) is 0 Å². The lowest BCUT2D eigenvalue weighted by atomic mass is 10.0. The molecule has 0 saturated carbocycles. The first kappa shape index (κ1) is 13.4. The lowest BCUT2D eigenvalue weighted by Gasteiger charge is -2.25. The number of imide groups is 1. The van der Waals surface area contributed by atoms with E-state index < -0.39 is 5.91 Å². The fraction of sp³-hybridized carbons (Fsp3) is 0.583. The first-order chi connectivity index (χ1) is 7.97. The molecule has 0 atom stereocenters. The van der Waals surface area contributed by atoms with Crippen molar-refractivity contribution >= 4 is 11.8 Å². The van der Waals surface area contributed by atoms with Gasteiger partial charge in [0, 0.05) is 13.0 Å². The van der Waals surface area contributed by atoms with Gasteiger partial charge >= 0.3 is 0 Å². The molecule has 5 heteroatoms. The standard InChI is InChI=1S/C12H17N3O2/c1-9-7-11(16)15(6-4-5-14(2)3)12(17)10(9)8-13/h4-7H2,1-3H3. The minimum atomic E-state index is -0.444. The fourth-order valence-corrected chi connectivity index (χ4v) is 1.76. The van der Waals surface area contributed by atoms with E-state index in [2.05, 4.69) is 0 Å². The average molecular weight is 235 g/mol. The smallest absolute Gasteiger partial charge is 0.271 e. The van der Waals surface area contributed by atoms with Gasteiger partial charge in [0.2, 0.25) is 5.91 Å². The molecule has 0 aliphatic carbocycles. The number of carbonyl (C=O) groups is 2. The van der Waals surface area contributed by atoms with Gasteiger partial charge in [0.05, 0.1) is 0 Å². The van der Waals surface area contributed by atoms with E-state index in [1.165, 1.54) is 4.90 Å². The Bertz CT molecular complexity index is 404. The Kier molecular flexibility index (Phi) is 4.41. The molecule has 1 aliphatic heterocycles. The molecule has 0 aromatic carbocycles. The Labute approximate surface area is 101 Å². The third-order valence-corrected chi connectivity index (χ3v) is 2.70. The van der Waals surface area contributed by atoms with Crippen LogP contribution in [0.5, 0.6) is 0 Å². The van der Waals surface area contributed by atoms with Crippen molar-refractivity contribution in [2.24, 2.45) is 0 Å². The minimum Gasteiger partial charge on any atom is -0.309 e. The van der Waals surface area contributed by atoms with Gasteiger partial charge in [-0.1, -0.05) is 0 Å².